The monoisotopic (exact) mass is 326 g/mol. The molecule has 0 amide bonds. The van der Waals surface area contributed by atoms with Gasteiger partial charge in [0.1, 0.15) is 5.69 Å². The molecule has 0 saturated heterocycles. The molecule has 21 heavy (non-hydrogen) atoms. The predicted molar refractivity (Wildman–Crippen MR) is 73.9 cm³/mol. The summed E-state index contributed by atoms with van der Waals surface area (Å²) in [6.45, 7) is 1.24. The predicted octanol–water partition coefficient (Wildman–Crippen LogP) is 2.21. The molecule has 1 aromatic rings. The van der Waals surface area contributed by atoms with Crippen molar-refractivity contribution in [1.82, 2.24) is 0 Å². The molecule has 0 saturated carbocycles. The highest BCUT2D eigenvalue weighted by molar-refractivity contribution is 6.31. The molecule has 0 aromatic heterocycles. The first kappa shape index (κ1) is 17.5. The van der Waals surface area contributed by atoms with Crippen LogP contribution in [-0.2, 0) is 6.18 Å². The third kappa shape index (κ3) is 5.05. The van der Waals surface area contributed by atoms with Crippen LogP contribution < -0.4 is 10.2 Å². The van der Waals surface area contributed by atoms with E-state index in [1.165, 1.54) is 4.90 Å². The highest BCUT2D eigenvalue weighted by Crippen LogP contribution is 2.40. The zero-order chi connectivity index (χ0) is 16.2. The molecule has 9 heteroatoms. The summed E-state index contributed by atoms with van der Waals surface area (Å²) in [5.74, 6) is 0. The summed E-state index contributed by atoms with van der Waals surface area (Å²) >= 11 is 5.57. The second-order valence-corrected chi connectivity index (χ2v) is 5.25. The van der Waals surface area contributed by atoms with Crippen LogP contribution in [0.3, 0.4) is 0 Å². The van der Waals surface area contributed by atoms with Gasteiger partial charge in [-0.15, -0.1) is 0 Å². The van der Waals surface area contributed by atoms with Crippen LogP contribution in [0.25, 0.3) is 0 Å². The van der Waals surface area contributed by atoms with E-state index in [0.717, 1.165) is 19.0 Å². The van der Waals surface area contributed by atoms with Gasteiger partial charge in [-0.3, -0.25) is 10.1 Å². The van der Waals surface area contributed by atoms with E-state index in [1.807, 2.05) is 14.1 Å². The normalized spacial score (nSPS) is 11.8. The molecule has 0 aliphatic heterocycles. The molecule has 0 aliphatic carbocycles. The van der Waals surface area contributed by atoms with Gasteiger partial charge >= 0.3 is 6.18 Å². The Hall–Kier alpha value is -1.54. The van der Waals surface area contributed by atoms with Crippen molar-refractivity contribution in [3.8, 4) is 0 Å². The van der Waals surface area contributed by atoms with Crippen LogP contribution >= 0.6 is 11.6 Å². The molecule has 0 radical (unpaired) electrons. The van der Waals surface area contributed by atoms with Gasteiger partial charge in [-0.25, -0.2) is 0 Å². The van der Waals surface area contributed by atoms with E-state index in [1.54, 1.807) is 0 Å². The lowest BCUT2D eigenvalue weighted by Gasteiger charge is -2.13. The van der Waals surface area contributed by atoms with E-state index < -0.39 is 27.4 Å². The fourth-order valence-corrected chi connectivity index (χ4v) is 2.01. The van der Waals surface area contributed by atoms with Gasteiger partial charge < -0.3 is 10.2 Å². The molecular formula is C12H16ClF3N3O2+. The van der Waals surface area contributed by atoms with Gasteiger partial charge in [0.2, 0.25) is 0 Å². The zero-order valence-electron chi connectivity index (χ0n) is 11.6. The molecule has 2 N–H and O–H groups in total. The Bertz CT molecular complexity index is 521. The summed E-state index contributed by atoms with van der Waals surface area (Å²) in [5, 5.41) is 13.1. The molecule has 1 aromatic carbocycles. The van der Waals surface area contributed by atoms with Gasteiger partial charge in [0, 0.05) is 19.0 Å². The van der Waals surface area contributed by atoms with Crippen molar-refractivity contribution in [2.75, 3.05) is 32.5 Å². The number of nitrogens with one attached hydrogen (secondary N) is 2. The Morgan fingerprint density at radius 2 is 2.00 bits per heavy atom. The quantitative estimate of drug-likeness (QED) is 0.479. The minimum Gasteiger partial charge on any atom is -0.379 e. The number of nitrogens with zero attached hydrogens (tertiary/aromatic N) is 1. The summed E-state index contributed by atoms with van der Waals surface area (Å²) < 4.78 is 38.1. The highest BCUT2D eigenvalue weighted by Gasteiger charge is 2.36. The van der Waals surface area contributed by atoms with Crippen LogP contribution in [0.5, 0.6) is 0 Å². The van der Waals surface area contributed by atoms with Crippen LogP contribution in [0, 0.1) is 10.1 Å². The number of halogens is 4. The smallest absolute Gasteiger partial charge is 0.379 e. The topological polar surface area (TPSA) is 59.6 Å². The molecule has 0 heterocycles. The fourth-order valence-electron chi connectivity index (χ4n) is 1.74. The van der Waals surface area contributed by atoms with Crippen LogP contribution in [0.1, 0.15) is 12.0 Å². The third-order valence-corrected chi connectivity index (χ3v) is 3.07. The molecule has 118 valence electrons. The first-order valence-electron chi connectivity index (χ1n) is 6.21. The number of hydrogen-bond donors (Lipinski definition) is 2. The van der Waals surface area contributed by atoms with E-state index in [0.29, 0.717) is 12.6 Å². The van der Waals surface area contributed by atoms with Crippen molar-refractivity contribution < 1.29 is 23.0 Å². The summed E-state index contributed by atoms with van der Waals surface area (Å²) in [4.78, 5) is 11.3. The minimum atomic E-state index is -4.73. The van der Waals surface area contributed by atoms with Crippen molar-refractivity contribution in [3.63, 3.8) is 0 Å². The van der Waals surface area contributed by atoms with E-state index in [-0.39, 0.29) is 5.69 Å². The Kier molecular flexibility index (Phi) is 5.79. The Labute approximate surface area is 124 Å². The first-order valence-corrected chi connectivity index (χ1v) is 6.58. The number of hydrogen-bond acceptors (Lipinski definition) is 3. The molecule has 5 nitrogen and oxygen atoms in total. The van der Waals surface area contributed by atoms with Gasteiger partial charge in [-0.1, -0.05) is 11.6 Å². The SMILES string of the molecule is C[NH+](C)CCCNc1cc(Cl)c(C(F)(F)F)cc1[N+](=O)[O-]. The van der Waals surface area contributed by atoms with Crippen LogP contribution in [-0.4, -0.2) is 32.1 Å². The Balaban J connectivity index is 2.98. The maximum absolute atomic E-state index is 12.7. The van der Waals surface area contributed by atoms with E-state index in [4.69, 9.17) is 11.6 Å². The molecule has 0 aliphatic rings. The number of benzene rings is 1. The van der Waals surface area contributed by atoms with Gasteiger partial charge in [0.25, 0.3) is 5.69 Å². The van der Waals surface area contributed by atoms with E-state index in [9.17, 15) is 23.3 Å². The second kappa shape index (κ2) is 6.95. The number of nitro groups is 1. The molecule has 0 atom stereocenters. The Morgan fingerprint density at radius 1 is 1.38 bits per heavy atom. The van der Waals surface area contributed by atoms with Crippen molar-refractivity contribution in [2.24, 2.45) is 0 Å². The second-order valence-electron chi connectivity index (χ2n) is 4.84. The number of anilines is 1. The van der Waals surface area contributed by atoms with Crippen LogP contribution in [0.15, 0.2) is 12.1 Å². The van der Waals surface area contributed by atoms with Crippen molar-refractivity contribution in [3.05, 3.63) is 32.8 Å². The average Bonchev–Trinajstić information content (AvgIpc) is 2.32. The summed E-state index contributed by atoms with van der Waals surface area (Å²) in [6, 6.07) is 1.41. The van der Waals surface area contributed by atoms with Crippen LogP contribution in [0.2, 0.25) is 5.02 Å². The molecular weight excluding hydrogens is 311 g/mol. The number of nitro benzene ring substituents is 1. The van der Waals surface area contributed by atoms with E-state index >= 15 is 0 Å². The Morgan fingerprint density at radius 3 is 2.48 bits per heavy atom. The van der Waals surface area contributed by atoms with Crippen molar-refractivity contribution >= 4 is 23.0 Å². The zero-order valence-corrected chi connectivity index (χ0v) is 12.3. The standard InChI is InChI=1S/C12H15ClF3N3O2/c1-18(2)5-3-4-17-10-7-9(13)8(12(14,15)16)6-11(10)19(20)21/h6-7,17H,3-5H2,1-2H3/p+1. The highest BCUT2D eigenvalue weighted by atomic mass is 35.5. The number of rotatable bonds is 6. The lowest BCUT2D eigenvalue weighted by molar-refractivity contribution is -0.858. The van der Waals surface area contributed by atoms with Gasteiger partial charge in [-0.05, 0) is 6.07 Å². The average molecular weight is 327 g/mol. The van der Waals surface area contributed by atoms with Gasteiger partial charge in [0.15, 0.2) is 0 Å². The maximum Gasteiger partial charge on any atom is 0.418 e. The molecule has 0 bridgehead atoms. The maximum atomic E-state index is 12.7. The minimum absolute atomic E-state index is 0.00763. The van der Waals surface area contributed by atoms with Crippen LogP contribution in [0.4, 0.5) is 24.5 Å². The third-order valence-electron chi connectivity index (χ3n) is 2.76. The molecule has 0 unspecified atom stereocenters. The number of quaternary nitrogens is 1. The largest absolute Gasteiger partial charge is 0.418 e. The lowest BCUT2D eigenvalue weighted by Crippen LogP contribution is -3.05. The summed E-state index contributed by atoms with van der Waals surface area (Å²) in [7, 11) is 3.91. The summed E-state index contributed by atoms with van der Waals surface area (Å²) in [6.07, 6.45) is -4.01. The fraction of sp³-hybridized carbons (Fsp3) is 0.500. The van der Waals surface area contributed by atoms with Gasteiger partial charge in [-0.2, -0.15) is 13.2 Å². The molecule has 1 rings (SSSR count). The summed E-state index contributed by atoms with van der Waals surface area (Å²) in [5.41, 5.74) is -1.85. The molecule has 0 spiro atoms. The van der Waals surface area contributed by atoms with Gasteiger partial charge in [0.05, 0.1) is 36.1 Å². The van der Waals surface area contributed by atoms with Crippen molar-refractivity contribution in [2.45, 2.75) is 12.6 Å². The molecule has 0 fully saturated rings. The van der Waals surface area contributed by atoms with Crippen molar-refractivity contribution in [1.29, 1.82) is 0 Å². The lowest BCUT2D eigenvalue weighted by atomic mass is 10.1. The number of alkyl halides is 3. The van der Waals surface area contributed by atoms with E-state index in [2.05, 4.69) is 5.32 Å². The first-order chi connectivity index (χ1) is 9.62.